The summed E-state index contributed by atoms with van der Waals surface area (Å²) in [5.74, 6) is -0.498. The van der Waals surface area contributed by atoms with Gasteiger partial charge in [0.1, 0.15) is 12.4 Å². The number of hydrogen-bond donors (Lipinski definition) is 1. The lowest BCUT2D eigenvalue weighted by atomic mass is 10.1. The molecule has 0 saturated carbocycles. The van der Waals surface area contributed by atoms with Gasteiger partial charge in [0, 0.05) is 0 Å². The van der Waals surface area contributed by atoms with E-state index < -0.39 is 5.97 Å². The lowest BCUT2D eigenvalue weighted by molar-refractivity contribution is 0.0696. The average molecular weight is 277 g/mol. The van der Waals surface area contributed by atoms with Gasteiger partial charge in [0.25, 0.3) is 0 Å². The van der Waals surface area contributed by atoms with Crippen molar-refractivity contribution in [2.75, 3.05) is 0 Å². The number of benzene rings is 2. The van der Waals surface area contributed by atoms with Crippen LogP contribution < -0.4 is 4.74 Å². The summed E-state index contributed by atoms with van der Waals surface area (Å²) in [6.07, 6.45) is 0. The van der Waals surface area contributed by atoms with Crippen molar-refractivity contribution in [3.63, 3.8) is 0 Å². The van der Waals surface area contributed by atoms with Gasteiger partial charge in [0.15, 0.2) is 0 Å². The van der Waals surface area contributed by atoms with E-state index in [4.69, 9.17) is 21.4 Å². The third-order valence-corrected chi connectivity index (χ3v) is 3.29. The lowest BCUT2D eigenvalue weighted by Crippen LogP contribution is -2.02. The van der Waals surface area contributed by atoms with Gasteiger partial charge in [-0.05, 0) is 30.2 Å². The Bertz CT molecular complexity index is 594. The number of rotatable bonds is 4. The van der Waals surface area contributed by atoms with E-state index in [-0.39, 0.29) is 5.56 Å². The second-order valence-corrected chi connectivity index (χ2v) is 4.51. The van der Waals surface area contributed by atoms with Crippen LogP contribution in [0.5, 0.6) is 5.75 Å². The van der Waals surface area contributed by atoms with Crippen LogP contribution in [-0.2, 0) is 6.61 Å². The Morgan fingerprint density at radius 2 is 1.89 bits per heavy atom. The normalized spacial score (nSPS) is 10.2. The van der Waals surface area contributed by atoms with Crippen LogP contribution in [0.3, 0.4) is 0 Å². The van der Waals surface area contributed by atoms with E-state index in [0.717, 1.165) is 5.56 Å². The quantitative estimate of drug-likeness (QED) is 0.920. The molecule has 0 aromatic heterocycles. The fraction of sp³-hybridized carbons (Fsp3) is 0.133. The van der Waals surface area contributed by atoms with Crippen molar-refractivity contribution in [1.29, 1.82) is 0 Å². The van der Waals surface area contributed by atoms with Crippen molar-refractivity contribution < 1.29 is 14.6 Å². The summed E-state index contributed by atoms with van der Waals surface area (Å²) in [7, 11) is 0. The van der Waals surface area contributed by atoms with Gasteiger partial charge >= 0.3 is 5.97 Å². The predicted molar refractivity (Wildman–Crippen MR) is 73.9 cm³/mol. The van der Waals surface area contributed by atoms with Crippen molar-refractivity contribution in [1.82, 2.24) is 0 Å². The number of ether oxygens (including phenoxy) is 1. The van der Waals surface area contributed by atoms with Crippen molar-refractivity contribution in [2.24, 2.45) is 0 Å². The molecule has 0 amide bonds. The standard InChI is InChI=1S/C15H13ClO3/c1-10-12(15(17)18)7-8-13(14(10)16)19-9-11-5-3-2-4-6-11/h2-8H,9H2,1H3,(H,17,18). The first kappa shape index (κ1) is 13.4. The molecule has 0 heterocycles. The highest BCUT2D eigenvalue weighted by Crippen LogP contribution is 2.30. The molecule has 0 bridgehead atoms. The molecule has 0 fully saturated rings. The Morgan fingerprint density at radius 1 is 1.21 bits per heavy atom. The molecule has 0 radical (unpaired) electrons. The number of carboxylic acid groups (broad SMARTS) is 1. The van der Waals surface area contributed by atoms with Crippen molar-refractivity contribution >= 4 is 17.6 Å². The summed E-state index contributed by atoms with van der Waals surface area (Å²) in [6, 6.07) is 12.8. The molecular weight excluding hydrogens is 264 g/mol. The Kier molecular flexibility index (Phi) is 4.07. The van der Waals surface area contributed by atoms with E-state index in [1.807, 2.05) is 30.3 Å². The van der Waals surface area contributed by atoms with Crippen LogP contribution in [0.15, 0.2) is 42.5 Å². The van der Waals surface area contributed by atoms with E-state index in [1.54, 1.807) is 13.0 Å². The molecule has 0 unspecified atom stereocenters. The highest BCUT2D eigenvalue weighted by atomic mass is 35.5. The molecule has 1 N–H and O–H groups in total. The van der Waals surface area contributed by atoms with Crippen LogP contribution in [0.1, 0.15) is 21.5 Å². The highest BCUT2D eigenvalue weighted by molar-refractivity contribution is 6.33. The van der Waals surface area contributed by atoms with Crippen LogP contribution in [0, 0.1) is 6.92 Å². The summed E-state index contributed by atoms with van der Waals surface area (Å²) >= 11 is 6.12. The minimum Gasteiger partial charge on any atom is -0.487 e. The summed E-state index contributed by atoms with van der Waals surface area (Å²) in [5, 5.41) is 9.33. The first-order valence-electron chi connectivity index (χ1n) is 5.78. The zero-order valence-electron chi connectivity index (χ0n) is 10.4. The van der Waals surface area contributed by atoms with Gasteiger partial charge in [-0.25, -0.2) is 4.79 Å². The molecule has 4 heteroatoms. The van der Waals surface area contributed by atoms with Crippen molar-refractivity contribution in [3.05, 3.63) is 64.2 Å². The molecule has 0 spiro atoms. The number of carbonyl (C=O) groups is 1. The largest absolute Gasteiger partial charge is 0.487 e. The zero-order chi connectivity index (χ0) is 13.8. The smallest absolute Gasteiger partial charge is 0.336 e. The number of aromatic carboxylic acids is 1. The molecular formula is C15H13ClO3. The highest BCUT2D eigenvalue weighted by Gasteiger charge is 2.13. The number of halogens is 1. The van der Waals surface area contributed by atoms with Gasteiger partial charge in [0.05, 0.1) is 10.6 Å². The average Bonchev–Trinajstić information content (AvgIpc) is 2.41. The van der Waals surface area contributed by atoms with Crippen molar-refractivity contribution in [3.8, 4) is 5.75 Å². The van der Waals surface area contributed by atoms with E-state index in [9.17, 15) is 4.79 Å². The van der Waals surface area contributed by atoms with Crippen LogP contribution in [0.4, 0.5) is 0 Å². The second kappa shape index (κ2) is 5.76. The first-order chi connectivity index (χ1) is 9.09. The molecule has 19 heavy (non-hydrogen) atoms. The van der Waals surface area contributed by atoms with Gasteiger partial charge in [-0.2, -0.15) is 0 Å². The third-order valence-electron chi connectivity index (χ3n) is 2.82. The zero-order valence-corrected chi connectivity index (χ0v) is 11.1. The van der Waals surface area contributed by atoms with Crippen LogP contribution >= 0.6 is 11.6 Å². The molecule has 2 aromatic rings. The second-order valence-electron chi connectivity index (χ2n) is 4.13. The number of carboxylic acids is 1. The Morgan fingerprint density at radius 3 is 2.53 bits per heavy atom. The third kappa shape index (κ3) is 3.06. The van der Waals surface area contributed by atoms with Gasteiger partial charge in [-0.1, -0.05) is 41.9 Å². The molecule has 3 nitrogen and oxygen atoms in total. The fourth-order valence-corrected chi connectivity index (χ4v) is 1.96. The Balaban J connectivity index is 2.18. The van der Waals surface area contributed by atoms with E-state index in [1.165, 1.54) is 6.07 Å². The molecule has 0 aliphatic heterocycles. The Labute approximate surface area is 116 Å². The predicted octanol–water partition coefficient (Wildman–Crippen LogP) is 3.93. The minimum atomic E-state index is -0.992. The first-order valence-corrected chi connectivity index (χ1v) is 6.16. The summed E-state index contributed by atoms with van der Waals surface area (Å²) < 4.78 is 5.61. The summed E-state index contributed by atoms with van der Waals surface area (Å²) in [4.78, 5) is 11.0. The maximum atomic E-state index is 11.0. The molecule has 0 saturated heterocycles. The maximum absolute atomic E-state index is 11.0. The maximum Gasteiger partial charge on any atom is 0.336 e. The monoisotopic (exact) mass is 276 g/mol. The molecule has 0 aliphatic rings. The van der Waals surface area contributed by atoms with Gasteiger partial charge in [-0.3, -0.25) is 0 Å². The molecule has 0 aliphatic carbocycles. The fourth-order valence-electron chi connectivity index (χ4n) is 1.74. The van der Waals surface area contributed by atoms with Crippen LogP contribution in [0.2, 0.25) is 5.02 Å². The van der Waals surface area contributed by atoms with E-state index in [2.05, 4.69) is 0 Å². The summed E-state index contributed by atoms with van der Waals surface area (Å²) in [5.41, 5.74) is 1.73. The Hall–Kier alpha value is -2.00. The molecule has 2 aromatic carbocycles. The van der Waals surface area contributed by atoms with Gasteiger partial charge in [0.2, 0.25) is 0 Å². The molecule has 2 rings (SSSR count). The lowest BCUT2D eigenvalue weighted by Gasteiger charge is -2.11. The van der Waals surface area contributed by atoms with E-state index in [0.29, 0.717) is 22.9 Å². The topological polar surface area (TPSA) is 46.5 Å². The van der Waals surface area contributed by atoms with Crippen LogP contribution in [-0.4, -0.2) is 11.1 Å². The van der Waals surface area contributed by atoms with Gasteiger partial charge in [-0.15, -0.1) is 0 Å². The SMILES string of the molecule is Cc1c(C(=O)O)ccc(OCc2ccccc2)c1Cl. The van der Waals surface area contributed by atoms with E-state index >= 15 is 0 Å². The number of hydrogen-bond acceptors (Lipinski definition) is 2. The molecule has 0 atom stereocenters. The minimum absolute atomic E-state index is 0.192. The summed E-state index contributed by atoms with van der Waals surface area (Å²) in [6.45, 7) is 2.06. The van der Waals surface area contributed by atoms with Crippen molar-refractivity contribution in [2.45, 2.75) is 13.5 Å². The van der Waals surface area contributed by atoms with Gasteiger partial charge < -0.3 is 9.84 Å². The molecule has 98 valence electrons. The van der Waals surface area contributed by atoms with Crippen LogP contribution in [0.25, 0.3) is 0 Å².